The van der Waals surface area contributed by atoms with Crippen molar-refractivity contribution in [3.05, 3.63) is 26.6 Å². The quantitative estimate of drug-likeness (QED) is 0.662. The number of carboxylic acid groups (broad SMARTS) is 1. The maximum absolute atomic E-state index is 12.8. The summed E-state index contributed by atoms with van der Waals surface area (Å²) in [6.45, 7) is 0. The summed E-state index contributed by atoms with van der Waals surface area (Å²) in [5, 5.41) is 8.59. The van der Waals surface area contributed by atoms with Gasteiger partial charge in [-0.05, 0) is 28.2 Å². The number of pyridine rings is 1. The second-order valence-electron chi connectivity index (χ2n) is 2.95. The van der Waals surface area contributed by atoms with Gasteiger partial charge in [-0.3, -0.25) is 9.78 Å². The van der Waals surface area contributed by atoms with Gasteiger partial charge in [0.15, 0.2) is 0 Å². The number of halogens is 4. The molecule has 0 unspecified atom stereocenters. The van der Waals surface area contributed by atoms with Crippen LogP contribution in [0.2, 0.25) is 0 Å². The SMILES string of the molecule is O=C(O)Cc1ncc(I)c(CCl)c1C(F)F. The van der Waals surface area contributed by atoms with E-state index in [9.17, 15) is 13.6 Å². The first kappa shape index (κ1) is 13.6. The van der Waals surface area contributed by atoms with E-state index in [1.165, 1.54) is 6.20 Å². The first-order valence-corrected chi connectivity index (χ1v) is 5.80. The molecule has 0 aliphatic heterocycles. The lowest BCUT2D eigenvalue weighted by Gasteiger charge is -2.12. The molecule has 7 heteroatoms. The zero-order valence-electron chi connectivity index (χ0n) is 7.88. The van der Waals surface area contributed by atoms with Crippen molar-refractivity contribution in [3.63, 3.8) is 0 Å². The van der Waals surface area contributed by atoms with Gasteiger partial charge in [0.2, 0.25) is 0 Å². The van der Waals surface area contributed by atoms with Crippen LogP contribution in [0, 0.1) is 3.57 Å². The van der Waals surface area contributed by atoms with E-state index in [2.05, 4.69) is 4.98 Å². The summed E-state index contributed by atoms with van der Waals surface area (Å²) in [4.78, 5) is 14.2. The van der Waals surface area contributed by atoms with Crippen molar-refractivity contribution in [2.45, 2.75) is 18.7 Å². The molecule has 0 amide bonds. The van der Waals surface area contributed by atoms with E-state index in [0.717, 1.165) is 0 Å². The zero-order chi connectivity index (χ0) is 12.3. The predicted molar refractivity (Wildman–Crippen MR) is 62.8 cm³/mol. The van der Waals surface area contributed by atoms with Gasteiger partial charge in [-0.1, -0.05) is 0 Å². The summed E-state index contributed by atoms with van der Waals surface area (Å²) in [7, 11) is 0. The molecule has 1 aromatic heterocycles. The summed E-state index contributed by atoms with van der Waals surface area (Å²) in [6.07, 6.45) is -1.95. The van der Waals surface area contributed by atoms with Gasteiger partial charge < -0.3 is 5.11 Å². The minimum atomic E-state index is -2.77. The Balaban J connectivity index is 3.32. The van der Waals surface area contributed by atoms with Crippen molar-refractivity contribution in [2.24, 2.45) is 0 Å². The molecular formula is C9H7ClF2INO2. The standard InChI is InChI=1S/C9H7ClF2INO2/c10-2-4-5(13)3-14-6(1-7(15)16)8(4)9(11)12/h3,9H,1-2H2,(H,15,16). The van der Waals surface area contributed by atoms with Gasteiger partial charge in [-0.25, -0.2) is 8.78 Å². The summed E-state index contributed by atoms with van der Waals surface area (Å²) < 4.78 is 26.1. The third-order valence-electron chi connectivity index (χ3n) is 1.93. The molecule has 1 aromatic rings. The second kappa shape index (κ2) is 5.72. The summed E-state index contributed by atoms with van der Waals surface area (Å²) >= 11 is 7.42. The van der Waals surface area contributed by atoms with Crippen molar-refractivity contribution < 1.29 is 18.7 Å². The van der Waals surface area contributed by atoms with E-state index in [1.807, 2.05) is 22.6 Å². The molecule has 0 aromatic carbocycles. The fraction of sp³-hybridized carbons (Fsp3) is 0.333. The number of carbonyl (C=O) groups is 1. The molecule has 0 fully saturated rings. The molecule has 16 heavy (non-hydrogen) atoms. The number of carboxylic acids is 1. The smallest absolute Gasteiger partial charge is 0.309 e. The third kappa shape index (κ3) is 3.00. The number of aliphatic carboxylic acids is 1. The van der Waals surface area contributed by atoms with E-state index in [1.54, 1.807) is 0 Å². The molecule has 0 aliphatic rings. The summed E-state index contributed by atoms with van der Waals surface area (Å²) in [6, 6.07) is 0. The van der Waals surface area contributed by atoms with Crippen LogP contribution in [0.15, 0.2) is 6.20 Å². The third-order valence-corrected chi connectivity index (χ3v) is 3.13. The molecule has 0 saturated heterocycles. The Labute approximate surface area is 109 Å². The van der Waals surface area contributed by atoms with Gasteiger partial charge in [-0.15, -0.1) is 11.6 Å². The van der Waals surface area contributed by atoms with Gasteiger partial charge in [0.1, 0.15) is 0 Å². The molecule has 0 bridgehead atoms. The average molecular weight is 362 g/mol. The van der Waals surface area contributed by atoms with E-state index >= 15 is 0 Å². The van der Waals surface area contributed by atoms with Gasteiger partial charge >= 0.3 is 5.97 Å². The predicted octanol–water partition coefficient (Wildman–Crippen LogP) is 2.99. The van der Waals surface area contributed by atoms with Crippen LogP contribution < -0.4 is 0 Å². The average Bonchev–Trinajstić information content (AvgIpc) is 2.18. The van der Waals surface area contributed by atoms with Crippen molar-refractivity contribution in [1.82, 2.24) is 4.98 Å². The van der Waals surface area contributed by atoms with E-state index < -0.39 is 18.8 Å². The van der Waals surface area contributed by atoms with Crippen LogP contribution in [-0.2, 0) is 17.1 Å². The molecule has 0 atom stereocenters. The van der Waals surface area contributed by atoms with Crippen molar-refractivity contribution >= 4 is 40.2 Å². The molecule has 0 spiro atoms. The van der Waals surface area contributed by atoms with Gasteiger partial charge in [0.25, 0.3) is 6.43 Å². The van der Waals surface area contributed by atoms with Crippen LogP contribution in [0.3, 0.4) is 0 Å². The topological polar surface area (TPSA) is 50.2 Å². The summed E-state index contributed by atoms with van der Waals surface area (Å²) in [5.41, 5.74) is -0.230. The van der Waals surface area contributed by atoms with Crippen LogP contribution in [0.25, 0.3) is 0 Å². The van der Waals surface area contributed by atoms with E-state index in [4.69, 9.17) is 16.7 Å². The van der Waals surface area contributed by atoms with Crippen molar-refractivity contribution in [2.75, 3.05) is 0 Å². The van der Waals surface area contributed by atoms with Crippen molar-refractivity contribution in [3.8, 4) is 0 Å². The molecule has 3 nitrogen and oxygen atoms in total. The lowest BCUT2D eigenvalue weighted by atomic mass is 10.1. The van der Waals surface area contributed by atoms with Crippen molar-refractivity contribution in [1.29, 1.82) is 0 Å². The summed E-state index contributed by atoms with van der Waals surface area (Å²) in [5.74, 6) is -1.29. The van der Waals surface area contributed by atoms with Crippen LogP contribution in [0.4, 0.5) is 8.78 Å². The molecule has 0 saturated carbocycles. The fourth-order valence-electron chi connectivity index (χ4n) is 1.26. The highest BCUT2D eigenvalue weighted by Crippen LogP contribution is 2.30. The van der Waals surface area contributed by atoms with Gasteiger partial charge in [-0.2, -0.15) is 0 Å². The monoisotopic (exact) mass is 361 g/mol. The van der Waals surface area contributed by atoms with E-state index in [-0.39, 0.29) is 22.7 Å². The zero-order valence-corrected chi connectivity index (χ0v) is 10.8. The molecule has 1 N–H and O–H groups in total. The highest BCUT2D eigenvalue weighted by Gasteiger charge is 2.22. The maximum atomic E-state index is 12.8. The van der Waals surface area contributed by atoms with Crippen LogP contribution in [0.1, 0.15) is 23.2 Å². The van der Waals surface area contributed by atoms with Gasteiger partial charge in [0.05, 0.1) is 12.1 Å². The number of alkyl halides is 3. The Hall–Kier alpha value is -0.500. The Kier molecular flexibility index (Phi) is 4.85. The molecular weight excluding hydrogens is 354 g/mol. The molecule has 88 valence electrons. The number of rotatable bonds is 4. The fourth-order valence-corrected chi connectivity index (χ4v) is 2.40. The normalized spacial score (nSPS) is 10.8. The molecule has 0 radical (unpaired) electrons. The number of hydrogen-bond acceptors (Lipinski definition) is 2. The molecule has 0 aliphatic carbocycles. The largest absolute Gasteiger partial charge is 0.481 e. The van der Waals surface area contributed by atoms with Gasteiger partial charge in [0, 0.05) is 21.2 Å². The molecule has 1 heterocycles. The first-order chi connectivity index (χ1) is 7.47. The maximum Gasteiger partial charge on any atom is 0.309 e. The second-order valence-corrected chi connectivity index (χ2v) is 4.38. The minimum Gasteiger partial charge on any atom is -0.481 e. The Bertz CT molecular complexity index is 415. The van der Waals surface area contributed by atoms with E-state index in [0.29, 0.717) is 3.57 Å². The number of aromatic nitrogens is 1. The number of hydrogen-bond donors (Lipinski definition) is 1. The lowest BCUT2D eigenvalue weighted by Crippen LogP contribution is -2.10. The van der Waals surface area contributed by atoms with Crippen LogP contribution in [0.5, 0.6) is 0 Å². The Morgan fingerprint density at radius 3 is 2.69 bits per heavy atom. The highest BCUT2D eigenvalue weighted by molar-refractivity contribution is 14.1. The first-order valence-electron chi connectivity index (χ1n) is 4.19. The Morgan fingerprint density at radius 2 is 2.25 bits per heavy atom. The lowest BCUT2D eigenvalue weighted by molar-refractivity contribution is -0.136. The number of nitrogens with zero attached hydrogens (tertiary/aromatic N) is 1. The van der Waals surface area contributed by atoms with Crippen LogP contribution >= 0.6 is 34.2 Å². The van der Waals surface area contributed by atoms with Crippen LogP contribution in [-0.4, -0.2) is 16.1 Å². The highest BCUT2D eigenvalue weighted by atomic mass is 127. The Morgan fingerprint density at radius 1 is 1.62 bits per heavy atom. The molecule has 1 rings (SSSR count). The minimum absolute atomic E-state index is 0.0902.